The van der Waals surface area contributed by atoms with E-state index in [4.69, 9.17) is 0 Å². The molecule has 1 aliphatic heterocycles. The molecule has 1 aliphatic rings. The molecule has 110 valence electrons. The van der Waals surface area contributed by atoms with E-state index in [0.717, 1.165) is 5.56 Å². The van der Waals surface area contributed by atoms with Gasteiger partial charge in [-0.2, -0.15) is 11.3 Å². The van der Waals surface area contributed by atoms with Crippen LogP contribution in [0.4, 0.5) is 0 Å². The summed E-state index contributed by atoms with van der Waals surface area (Å²) in [4.78, 5) is 26.6. The summed E-state index contributed by atoms with van der Waals surface area (Å²) < 4.78 is 0. The highest BCUT2D eigenvalue weighted by atomic mass is 32.1. The lowest BCUT2D eigenvalue weighted by atomic mass is 9.86. The van der Waals surface area contributed by atoms with Gasteiger partial charge in [-0.05, 0) is 34.7 Å². The lowest BCUT2D eigenvalue weighted by Crippen LogP contribution is -2.52. The second kappa shape index (κ2) is 5.56. The average molecular weight is 294 g/mol. The Kier molecular flexibility index (Phi) is 4.18. The zero-order valence-corrected chi connectivity index (χ0v) is 13.3. The summed E-state index contributed by atoms with van der Waals surface area (Å²) in [7, 11) is 0. The van der Waals surface area contributed by atoms with Gasteiger partial charge in [-0.15, -0.1) is 0 Å². The number of nitrogens with one attached hydrogen (secondary N) is 1. The third kappa shape index (κ3) is 3.20. The van der Waals surface area contributed by atoms with Gasteiger partial charge in [-0.3, -0.25) is 9.59 Å². The van der Waals surface area contributed by atoms with Crippen molar-refractivity contribution in [2.75, 3.05) is 0 Å². The number of thiophene rings is 1. The fourth-order valence-electron chi connectivity index (χ4n) is 2.44. The molecule has 0 saturated carbocycles. The predicted molar refractivity (Wildman–Crippen MR) is 80.3 cm³/mol. The van der Waals surface area contributed by atoms with Crippen LogP contribution in [-0.4, -0.2) is 28.8 Å². The van der Waals surface area contributed by atoms with Gasteiger partial charge in [0.2, 0.25) is 11.8 Å². The molecule has 2 unspecified atom stereocenters. The summed E-state index contributed by atoms with van der Waals surface area (Å²) in [5, 5.41) is 6.94. The highest BCUT2D eigenvalue weighted by molar-refractivity contribution is 7.07. The molecule has 4 nitrogen and oxygen atoms in total. The number of rotatable bonds is 2. The van der Waals surface area contributed by atoms with E-state index in [1.54, 1.807) is 11.3 Å². The van der Waals surface area contributed by atoms with Crippen molar-refractivity contribution in [1.29, 1.82) is 0 Å². The predicted octanol–water partition coefficient (Wildman–Crippen LogP) is 2.40. The first-order valence-corrected chi connectivity index (χ1v) is 7.84. The molecule has 2 atom stereocenters. The monoisotopic (exact) mass is 294 g/mol. The van der Waals surface area contributed by atoms with Crippen molar-refractivity contribution in [2.45, 2.75) is 52.7 Å². The van der Waals surface area contributed by atoms with Gasteiger partial charge < -0.3 is 10.2 Å². The second-order valence-electron chi connectivity index (χ2n) is 6.52. The summed E-state index contributed by atoms with van der Waals surface area (Å²) in [6.45, 7) is 8.46. The minimum absolute atomic E-state index is 0.0158. The molecule has 1 saturated heterocycles. The smallest absolute Gasteiger partial charge is 0.246 e. The van der Waals surface area contributed by atoms with Gasteiger partial charge in [0.25, 0.3) is 0 Å². The van der Waals surface area contributed by atoms with E-state index in [2.05, 4.69) is 5.32 Å². The van der Waals surface area contributed by atoms with E-state index in [9.17, 15) is 9.59 Å². The molecule has 1 fully saturated rings. The normalized spacial score (nSPS) is 24.5. The van der Waals surface area contributed by atoms with Gasteiger partial charge in [0.15, 0.2) is 0 Å². The molecule has 2 rings (SSSR count). The van der Waals surface area contributed by atoms with Crippen LogP contribution in [0.1, 0.15) is 39.7 Å². The number of hydrogen-bond donors (Lipinski definition) is 1. The van der Waals surface area contributed by atoms with E-state index in [1.807, 2.05) is 49.4 Å². The van der Waals surface area contributed by atoms with E-state index >= 15 is 0 Å². The highest BCUT2D eigenvalue weighted by Gasteiger charge is 2.40. The minimum atomic E-state index is -0.460. The van der Waals surface area contributed by atoms with Gasteiger partial charge >= 0.3 is 0 Å². The van der Waals surface area contributed by atoms with Crippen LogP contribution in [0.2, 0.25) is 0 Å². The van der Waals surface area contributed by atoms with Crippen molar-refractivity contribution in [3.63, 3.8) is 0 Å². The molecular formula is C15H22N2O2S. The first-order valence-electron chi connectivity index (χ1n) is 6.90. The zero-order chi connectivity index (χ0) is 14.9. The SMILES string of the molecule is CC1CC(=O)NC(C(C)(C)C)C(=O)N1Cc1ccsc1. The largest absolute Gasteiger partial charge is 0.344 e. The van der Waals surface area contributed by atoms with Gasteiger partial charge in [-0.25, -0.2) is 0 Å². The fourth-order valence-corrected chi connectivity index (χ4v) is 3.10. The van der Waals surface area contributed by atoms with Crippen LogP contribution in [0.15, 0.2) is 16.8 Å². The molecule has 2 heterocycles. The molecule has 1 aromatic heterocycles. The molecular weight excluding hydrogens is 272 g/mol. The number of hydrogen-bond acceptors (Lipinski definition) is 3. The van der Waals surface area contributed by atoms with Crippen molar-refractivity contribution in [1.82, 2.24) is 10.2 Å². The van der Waals surface area contributed by atoms with Gasteiger partial charge in [0.05, 0.1) is 0 Å². The number of nitrogens with zero attached hydrogens (tertiary/aromatic N) is 1. The number of carbonyl (C=O) groups excluding carboxylic acids is 2. The summed E-state index contributed by atoms with van der Waals surface area (Å²) in [6.07, 6.45) is 0.364. The molecule has 5 heteroatoms. The third-order valence-corrected chi connectivity index (χ3v) is 4.38. The third-order valence-electron chi connectivity index (χ3n) is 3.65. The van der Waals surface area contributed by atoms with Crippen LogP contribution in [-0.2, 0) is 16.1 Å². The molecule has 0 spiro atoms. The van der Waals surface area contributed by atoms with Crippen molar-refractivity contribution in [3.8, 4) is 0 Å². The van der Waals surface area contributed by atoms with E-state index in [-0.39, 0.29) is 23.3 Å². The molecule has 2 amide bonds. The maximum atomic E-state index is 12.8. The Labute approximate surface area is 124 Å². The van der Waals surface area contributed by atoms with Gasteiger partial charge in [0.1, 0.15) is 6.04 Å². The summed E-state index contributed by atoms with van der Waals surface area (Å²) in [5.74, 6) is -0.0272. The first-order chi connectivity index (χ1) is 9.29. The Morgan fingerprint density at radius 3 is 2.65 bits per heavy atom. The molecule has 0 aliphatic carbocycles. The molecule has 20 heavy (non-hydrogen) atoms. The van der Waals surface area contributed by atoms with Crippen LogP contribution >= 0.6 is 11.3 Å². The Balaban J connectivity index is 2.27. The maximum Gasteiger partial charge on any atom is 0.246 e. The minimum Gasteiger partial charge on any atom is -0.344 e. The van der Waals surface area contributed by atoms with E-state index in [0.29, 0.717) is 13.0 Å². The molecule has 0 radical (unpaired) electrons. The lowest BCUT2D eigenvalue weighted by molar-refractivity contribution is -0.138. The van der Waals surface area contributed by atoms with Crippen molar-refractivity contribution < 1.29 is 9.59 Å². The summed E-state index contributed by atoms with van der Waals surface area (Å²) in [5.41, 5.74) is 0.834. The van der Waals surface area contributed by atoms with Crippen LogP contribution in [0.25, 0.3) is 0 Å². The summed E-state index contributed by atoms with van der Waals surface area (Å²) >= 11 is 1.62. The Morgan fingerprint density at radius 1 is 1.40 bits per heavy atom. The number of carbonyl (C=O) groups is 2. The van der Waals surface area contributed by atoms with Crippen LogP contribution < -0.4 is 5.32 Å². The second-order valence-corrected chi connectivity index (χ2v) is 7.30. The van der Waals surface area contributed by atoms with Crippen molar-refractivity contribution >= 4 is 23.2 Å². The topological polar surface area (TPSA) is 49.4 Å². The molecule has 0 bridgehead atoms. The van der Waals surface area contributed by atoms with Gasteiger partial charge in [-0.1, -0.05) is 20.8 Å². The van der Waals surface area contributed by atoms with Crippen LogP contribution in [0.3, 0.4) is 0 Å². The Morgan fingerprint density at radius 2 is 2.10 bits per heavy atom. The highest BCUT2D eigenvalue weighted by Crippen LogP contribution is 2.26. The zero-order valence-electron chi connectivity index (χ0n) is 12.5. The molecule has 1 N–H and O–H groups in total. The van der Waals surface area contributed by atoms with E-state index in [1.165, 1.54) is 0 Å². The van der Waals surface area contributed by atoms with Gasteiger partial charge in [0, 0.05) is 19.0 Å². The fraction of sp³-hybridized carbons (Fsp3) is 0.600. The van der Waals surface area contributed by atoms with Crippen LogP contribution in [0.5, 0.6) is 0 Å². The molecule has 0 aromatic carbocycles. The molecule has 1 aromatic rings. The first kappa shape index (κ1) is 15.0. The Hall–Kier alpha value is -1.36. The number of amides is 2. The standard InChI is InChI=1S/C15H22N2O2S/c1-10-7-12(18)16-13(15(2,3)4)14(19)17(10)8-11-5-6-20-9-11/h5-6,9-10,13H,7-8H2,1-4H3,(H,16,18). The quantitative estimate of drug-likeness (QED) is 0.910. The Bertz CT molecular complexity index is 490. The van der Waals surface area contributed by atoms with Crippen molar-refractivity contribution in [3.05, 3.63) is 22.4 Å². The average Bonchev–Trinajstić information content (AvgIpc) is 2.79. The van der Waals surface area contributed by atoms with E-state index < -0.39 is 6.04 Å². The maximum absolute atomic E-state index is 12.8. The summed E-state index contributed by atoms with van der Waals surface area (Å²) in [6, 6.07) is 1.49. The lowest BCUT2D eigenvalue weighted by Gasteiger charge is -2.34. The van der Waals surface area contributed by atoms with Crippen molar-refractivity contribution in [2.24, 2.45) is 5.41 Å². The van der Waals surface area contributed by atoms with Crippen LogP contribution in [0, 0.1) is 5.41 Å².